The standard InChI is InChI=1S/C18H21N3O3/c1-13-7-8-19-17(20-13)16-11-21(9-10-24-16)18(22)15-5-3-14(4-6-15)12-23-2/h3-8,16H,9-12H2,1-2H3/t16-/m0/s1. The van der Waals surface area contributed by atoms with E-state index in [1.165, 1.54) is 0 Å². The smallest absolute Gasteiger partial charge is 0.254 e. The van der Waals surface area contributed by atoms with Gasteiger partial charge in [0.2, 0.25) is 0 Å². The summed E-state index contributed by atoms with van der Waals surface area (Å²) < 4.78 is 10.8. The van der Waals surface area contributed by atoms with Gasteiger partial charge in [-0.2, -0.15) is 0 Å². The zero-order chi connectivity index (χ0) is 16.9. The number of nitrogens with zero attached hydrogens (tertiary/aromatic N) is 3. The molecule has 0 radical (unpaired) electrons. The minimum Gasteiger partial charge on any atom is -0.380 e. The van der Waals surface area contributed by atoms with E-state index < -0.39 is 0 Å². The van der Waals surface area contributed by atoms with Crippen LogP contribution in [0.2, 0.25) is 0 Å². The number of methoxy groups -OCH3 is 1. The molecule has 1 fully saturated rings. The molecule has 1 aliphatic heterocycles. The van der Waals surface area contributed by atoms with Crippen molar-refractivity contribution in [1.29, 1.82) is 0 Å². The van der Waals surface area contributed by atoms with Gasteiger partial charge in [0.15, 0.2) is 5.82 Å². The van der Waals surface area contributed by atoms with Crippen molar-refractivity contribution in [1.82, 2.24) is 14.9 Å². The van der Waals surface area contributed by atoms with Crippen molar-refractivity contribution in [3.63, 3.8) is 0 Å². The van der Waals surface area contributed by atoms with Crippen LogP contribution in [0.15, 0.2) is 36.5 Å². The Balaban J connectivity index is 1.70. The van der Waals surface area contributed by atoms with Gasteiger partial charge in [0.25, 0.3) is 5.91 Å². The maximum Gasteiger partial charge on any atom is 0.254 e. The third-order valence-corrected chi connectivity index (χ3v) is 3.97. The van der Waals surface area contributed by atoms with Crippen molar-refractivity contribution in [2.24, 2.45) is 0 Å². The van der Waals surface area contributed by atoms with Gasteiger partial charge in [0, 0.05) is 31.1 Å². The molecular weight excluding hydrogens is 306 g/mol. The summed E-state index contributed by atoms with van der Waals surface area (Å²) in [6.45, 7) is 3.97. The molecule has 3 rings (SSSR count). The lowest BCUT2D eigenvalue weighted by molar-refractivity contribution is -0.0268. The molecular formula is C18H21N3O3. The molecule has 0 bridgehead atoms. The van der Waals surface area contributed by atoms with Crippen LogP contribution in [0.4, 0.5) is 0 Å². The topological polar surface area (TPSA) is 64.5 Å². The molecule has 0 N–H and O–H groups in total. The van der Waals surface area contributed by atoms with E-state index in [9.17, 15) is 4.79 Å². The number of aromatic nitrogens is 2. The molecule has 1 saturated heterocycles. The summed E-state index contributed by atoms with van der Waals surface area (Å²) in [5.74, 6) is 0.628. The predicted octanol–water partition coefficient (Wildman–Crippen LogP) is 2.15. The van der Waals surface area contributed by atoms with Gasteiger partial charge >= 0.3 is 0 Å². The minimum atomic E-state index is -0.282. The molecule has 0 aliphatic carbocycles. The van der Waals surface area contributed by atoms with E-state index in [1.54, 1.807) is 18.2 Å². The van der Waals surface area contributed by atoms with E-state index in [0.717, 1.165) is 11.3 Å². The average Bonchev–Trinajstić information content (AvgIpc) is 2.62. The Morgan fingerprint density at radius 1 is 1.33 bits per heavy atom. The van der Waals surface area contributed by atoms with Crippen molar-refractivity contribution in [3.8, 4) is 0 Å². The molecule has 2 aromatic rings. The fourth-order valence-corrected chi connectivity index (χ4v) is 2.71. The number of carbonyl (C=O) groups is 1. The Kier molecular flexibility index (Phi) is 5.17. The summed E-state index contributed by atoms with van der Waals surface area (Å²) in [4.78, 5) is 23.2. The van der Waals surface area contributed by atoms with Crippen LogP contribution >= 0.6 is 0 Å². The van der Waals surface area contributed by atoms with Gasteiger partial charge in [-0.15, -0.1) is 0 Å². The monoisotopic (exact) mass is 327 g/mol. The number of hydrogen-bond acceptors (Lipinski definition) is 5. The highest BCUT2D eigenvalue weighted by molar-refractivity contribution is 5.94. The molecule has 1 aromatic heterocycles. The Morgan fingerprint density at radius 3 is 2.83 bits per heavy atom. The lowest BCUT2D eigenvalue weighted by atomic mass is 10.1. The summed E-state index contributed by atoms with van der Waals surface area (Å²) in [5, 5.41) is 0. The molecule has 1 aliphatic rings. The van der Waals surface area contributed by atoms with Gasteiger partial charge in [-0.1, -0.05) is 12.1 Å². The lowest BCUT2D eigenvalue weighted by Gasteiger charge is -2.32. The molecule has 1 amide bonds. The molecule has 2 heterocycles. The Labute approximate surface area is 141 Å². The zero-order valence-electron chi connectivity index (χ0n) is 13.9. The number of aryl methyl sites for hydroxylation is 1. The van der Waals surface area contributed by atoms with Crippen molar-refractivity contribution in [3.05, 3.63) is 59.2 Å². The van der Waals surface area contributed by atoms with Crippen molar-refractivity contribution < 1.29 is 14.3 Å². The normalized spacial score (nSPS) is 17.8. The van der Waals surface area contributed by atoms with E-state index in [4.69, 9.17) is 9.47 Å². The molecule has 6 heteroatoms. The van der Waals surface area contributed by atoms with Gasteiger partial charge in [0.1, 0.15) is 6.10 Å². The van der Waals surface area contributed by atoms with Crippen LogP contribution < -0.4 is 0 Å². The summed E-state index contributed by atoms with van der Waals surface area (Å²) in [6, 6.07) is 9.35. The van der Waals surface area contributed by atoms with Gasteiger partial charge in [-0.05, 0) is 30.7 Å². The van der Waals surface area contributed by atoms with Gasteiger partial charge in [-0.3, -0.25) is 4.79 Å². The number of ether oxygens (including phenoxy) is 2. The van der Waals surface area contributed by atoms with Crippen LogP contribution in [-0.2, 0) is 16.1 Å². The zero-order valence-corrected chi connectivity index (χ0v) is 13.9. The molecule has 126 valence electrons. The highest BCUT2D eigenvalue weighted by Gasteiger charge is 2.27. The van der Waals surface area contributed by atoms with Gasteiger partial charge in [0.05, 0.1) is 19.8 Å². The summed E-state index contributed by atoms with van der Waals surface area (Å²) in [7, 11) is 1.65. The van der Waals surface area contributed by atoms with Crippen LogP contribution in [-0.4, -0.2) is 47.6 Å². The first-order valence-corrected chi connectivity index (χ1v) is 7.95. The first-order valence-electron chi connectivity index (χ1n) is 7.95. The third-order valence-electron chi connectivity index (χ3n) is 3.97. The van der Waals surface area contributed by atoms with Crippen LogP contribution in [0, 0.1) is 6.92 Å². The van der Waals surface area contributed by atoms with E-state index in [0.29, 0.717) is 37.7 Å². The van der Waals surface area contributed by atoms with Crippen molar-refractivity contribution >= 4 is 5.91 Å². The number of hydrogen-bond donors (Lipinski definition) is 0. The van der Waals surface area contributed by atoms with Crippen LogP contribution in [0.3, 0.4) is 0 Å². The predicted molar refractivity (Wildman–Crippen MR) is 88.5 cm³/mol. The minimum absolute atomic E-state index is 0.0000742. The lowest BCUT2D eigenvalue weighted by Crippen LogP contribution is -2.42. The van der Waals surface area contributed by atoms with E-state index in [1.807, 2.05) is 37.3 Å². The fourth-order valence-electron chi connectivity index (χ4n) is 2.71. The second-order valence-corrected chi connectivity index (χ2v) is 5.80. The van der Waals surface area contributed by atoms with Crippen molar-refractivity contribution in [2.75, 3.05) is 26.8 Å². The van der Waals surface area contributed by atoms with E-state index in [-0.39, 0.29) is 12.0 Å². The number of benzene rings is 1. The number of morpholine rings is 1. The summed E-state index contributed by atoms with van der Waals surface area (Å²) in [5.41, 5.74) is 2.60. The molecule has 24 heavy (non-hydrogen) atoms. The number of carbonyl (C=O) groups excluding carboxylic acids is 1. The molecule has 6 nitrogen and oxygen atoms in total. The van der Waals surface area contributed by atoms with Gasteiger partial charge < -0.3 is 14.4 Å². The molecule has 1 atom stereocenters. The second kappa shape index (κ2) is 7.51. The molecule has 1 aromatic carbocycles. The van der Waals surface area contributed by atoms with Crippen molar-refractivity contribution in [2.45, 2.75) is 19.6 Å². The maximum absolute atomic E-state index is 12.7. The quantitative estimate of drug-likeness (QED) is 0.861. The Hall–Kier alpha value is -2.31. The highest BCUT2D eigenvalue weighted by Crippen LogP contribution is 2.21. The fraction of sp³-hybridized carbons (Fsp3) is 0.389. The SMILES string of the molecule is COCc1ccc(C(=O)N2CCO[C@H](c3nccc(C)n3)C2)cc1. The first-order chi connectivity index (χ1) is 11.7. The number of amides is 1. The van der Waals surface area contributed by atoms with E-state index >= 15 is 0 Å². The van der Waals surface area contributed by atoms with Crippen LogP contribution in [0.1, 0.15) is 33.5 Å². The maximum atomic E-state index is 12.7. The van der Waals surface area contributed by atoms with Crippen LogP contribution in [0.5, 0.6) is 0 Å². The number of rotatable bonds is 4. The third kappa shape index (κ3) is 3.77. The van der Waals surface area contributed by atoms with Crippen LogP contribution in [0.25, 0.3) is 0 Å². The van der Waals surface area contributed by atoms with Gasteiger partial charge in [-0.25, -0.2) is 9.97 Å². The summed E-state index contributed by atoms with van der Waals surface area (Å²) in [6.07, 6.45) is 1.44. The molecule has 0 saturated carbocycles. The molecule has 0 unspecified atom stereocenters. The Morgan fingerprint density at radius 2 is 2.12 bits per heavy atom. The largest absolute Gasteiger partial charge is 0.380 e. The summed E-state index contributed by atoms with van der Waals surface area (Å²) >= 11 is 0. The average molecular weight is 327 g/mol. The van der Waals surface area contributed by atoms with E-state index in [2.05, 4.69) is 9.97 Å². The Bertz CT molecular complexity index is 703. The highest BCUT2D eigenvalue weighted by atomic mass is 16.5. The first kappa shape index (κ1) is 16.5. The second-order valence-electron chi connectivity index (χ2n) is 5.80. The molecule has 0 spiro atoms.